The number of rotatable bonds is 5. The van der Waals surface area contributed by atoms with Gasteiger partial charge in [-0.05, 0) is 49.9 Å². The van der Waals surface area contributed by atoms with Crippen LogP contribution >= 0.6 is 0 Å². The molecule has 0 bridgehead atoms. The Kier molecular flexibility index (Phi) is 6.28. The molecule has 3 N–H and O–H groups in total. The van der Waals surface area contributed by atoms with E-state index in [-0.39, 0.29) is 17.7 Å². The molecule has 1 aromatic carbocycles. The summed E-state index contributed by atoms with van der Waals surface area (Å²) in [5, 5.41) is 5.36. The molecule has 0 unspecified atom stereocenters. The van der Waals surface area contributed by atoms with Crippen LogP contribution in [-0.4, -0.2) is 70.6 Å². The van der Waals surface area contributed by atoms with Gasteiger partial charge in [-0.2, -0.15) is 0 Å². The first-order chi connectivity index (χ1) is 17.0. The van der Waals surface area contributed by atoms with Crippen LogP contribution in [0.25, 0.3) is 33.4 Å². The minimum absolute atomic E-state index is 0.193. The summed E-state index contributed by atoms with van der Waals surface area (Å²) in [5.74, 6) is -0.179. The summed E-state index contributed by atoms with van der Waals surface area (Å²) in [5.41, 5.74) is 4.67. The minimum atomic E-state index is -0.448. The van der Waals surface area contributed by atoms with Crippen molar-refractivity contribution in [1.29, 1.82) is 0 Å². The van der Waals surface area contributed by atoms with Crippen LogP contribution in [0.3, 0.4) is 0 Å². The second-order valence-corrected chi connectivity index (χ2v) is 8.55. The molecule has 2 amide bonds. The van der Waals surface area contributed by atoms with Gasteiger partial charge < -0.3 is 20.1 Å². The number of aromatic amines is 1. The molecular weight excluding hydrogens is 447 g/mol. The fourth-order valence-electron chi connectivity index (χ4n) is 4.24. The monoisotopic (exact) mass is 474 g/mol. The Labute approximate surface area is 202 Å². The van der Waals surface area contributed by atoms with Crippen LogP contribution in [0.1, 0.15) is 6.92 Å². The number of fused-ring (bicyclic) bond motifs is 1. The van der Waals surface area contributed by atoms with Crippen molar-refractivity contribution in [2.75, 3.05) is 50.0 Å². The van der Waals surface area contributed by atoms with E-state index >= 15 is 0 Å². The Morgan fingerprint density at radius 3 is 2.74 bits per heavy atom. The molecule has 0 saturated carbocycles. The molecule has 1 fully saturated rings. The van der Waals surface area contributed by atoms with Crippen molar-refractivity contribution in [1.82, 2.24) is 30.2 Å². The SMILES string of the molecule is CCNC(=O)Nc1nc2c(-c3ncccc3F)cc(-c3cncc(N4CCN(C)CC4)c3)cc2[nH]1. The van der Waals surface area contributed by atoms with Gasteiger partial charge in [-0.1, -0.05) is 0 Å². The molecule has 1 saturated heterocycles. The van der Waals surface area contributed by atoms with Gasteiger partial charge in [0.1, 0.15) is 17.0 Å². The molecule has 10 heteroatoms. The first-order valence-electron chi connectivity index (χ1n) is 11.6. The van der Waals surface area contributed by atoms with Crippen LogP contribution in [0.4, 0.5) is 20.8 Å². The average molecular weight is 475 g/mol. The Morgan fingerprint density at radius 2 is 1.97 bits per heavy atom. The smallest absolute Gasteiger partial charge is 0.321 e. The number of pyridine rings is 2. The molecule has 1 aliphatic rings. The topological polar surface area (TPSA) is 102 Å². The summed E-state index contributed by atoms with van der Waals surface area (Å²) in [4.78, 5) is 33.1. The number of nitrogens with one attached hydrogen (secondary N) is 3. The predicted molar refractivity (Wildman–Crippen MR) is 135 cm³/mol. The second kappa shape index (κ2) is 9.67. The standard InChI is InChI=1S/C25H27FN8O/c1-3-28-25(35)32-24-30-21-13-16(12-19(23(21)31-24)22-20(26)5-4-6-29-22)17-11-18(15-27-14-17)34-9-7-33(2)8-10-34/h4-6,11-15H,3,7-10H2,1-2H3,(H3,28,30,31,32,35). The van der Waals surface area contributed by atoms with Gasteiger partial charge in [-0.25, -0.2) is 14.2 Å². The lowest BCUT2D eigenvalue weighted by Gasteiger charge is -2.34. The fraction of sp³-hybridized carbons (Fsp3) is 0.280. The third kappa shape index (κ3) is 4.78. The number of halogens is 1. The van der Waals surface area contributed by atoms with Crippen molar-refractivity contribution >= 4 is 28.7 Å². The van der Waals surface area contributed by atoms with Crippen LogP contribution in [0.5, 0.6) is 0 Å². The number of hydrogen-bond donors (Lipinski definition) is 3. The van der Waals surface area contributed by atoms with E-state index in [1.165, 1.54) is 6.07 Å². The van der Waals surface area contributed by atoms with Gasteiger partial charge in [0.25, 0.3) is 0 Å². The average Bonchev–Trinajstić information content (AvgIpc) is 3.27. The maximum atomic E-state index is 14.8. The van der Waals surface area contributed by atoms with E-state index in [1.807, 2.05) is 25.3 Å². The van der Waals surface area contributed by atoms with Gasteiger partial charge in [0.2, 0.25) is 5.95 Å². The molecule has 4 aromatic rings. The van der Waals surface area contributed by atoms with E-state index in [4.69, 9.17) is 0 Å². The number of amides is 2. The van der Waals surface area contributed by atoms with Crippen molar-refractivity contribution < 1.29 is 9.18 Å². The lowest BCUT2D eigenvalue weighted by atomic mass is 10.00. The summed E-state index contributed by atoms with van der Waals surface area (Å²) in [6.07, 6.45) is 5.22. The molecular formula is C25H27FN8O. The van der Waals surface area contributed by atoms with Crippen LogP contribution in [0, 0.1) is 5.82 Å². The number of carbonyl (C=O) groups excluding carboxylic acids is 1. The molecule has 3 aromatic heterocycles. The van der Waals surface area contributed by atoms with Crippen LogP contribution in [0.2, 0.25) is 0 Å². The largest absolute Gasteiger partial charge is 0.368 e. The zero-order valence-corrected chi connectivity index (χ0v) is 19.7. The quantitative estimate of drug-likeness (QED) is 0.408. The highest BCUT2D eigenvalue weighted by Crippen LogP contribution is 2.35. The van der Waals surface area contributed by atoms with Gasteiger partial charge in [0.15, 0.2) is 0 Å². The van der Waals surface area contributed by atoms with Crippen molar-refractivity contribution in [2.45, 2.75) is 6.92 Å². The van der Waals surface area contributed by atoms with E-state index < -0.39 is 5.82 Å². The summed E-state index contributed by atoms with van der Waals surface area (Å²) in [7, 11) is 2.12. The highest BCUT2D eigenvalue weighted by atomic mass is 19.1. The number of hydrogen-bond acceptors (Lipinski definition) is 6. The number of anilines is 2. The third-order valence-electron chi connectivity index (χ3n) is 6.10. The minimum Gasteiger partial charge on any atom is -0.368 e. The predicted octanol–water partition coefficient (Wildman–Crippen LogP) is 3.72. The molecule has 0 radical (unpaired) electrons. The number of imidazole rings is 1. The number of likely N-dealkylation sites (N-methyl/N-ethyl adjacent to an activating group) is 1. The highest BCUT2D eigenvalue weighted by molar-refractivity contribution is 5.98. The van der Waals surface area contributed by atoms with Crippen molar-refractivity contribution in [3.05, 3.63) is 54.7 Å². The number of aromatic nitrogens is 4. The van der Waals surface area contributed by atoms with Crippen molar-refractivity contribution in [2.24, 2.45) is 0 Å². The van der Waals surface area contributed by atoms with Crippen LogP contribution < -0.4 is 15.5 Å². The summed E-state index contributed by atoms with van der Waals surface area (Å²) >= 11 is 0. The van der Waals surface area contributed by atoms with Gasteiger partial charge in [-0.3, -0.25) is 15.3 Å². The number of urea groups is 1. The van der Waals surface area contributed by atoms with Crippen LogP contribution in [0.15, 0.2) is 48.9 Å². The lowest BCUT2D eigenvalue weighted by Crippen LogP contribution is -2.44. The molecule has 0 atom stereocenters. The van der Waals surface area contributed by atoms with Gasteiger partial charge >= 0.3 is 6.03 Å². The number of piperazine rings is 1. The van der Waals surface area contributed by atoms with E-state index in [0.717, 1.165) is 43.0 Å². The molecule has 180 valence electrons. The van der Waals surface area contributed by atoms with E-state index in [0.29, 0.717) is 23.1 Å². The third-order valence-corrected chi connectivity index (χ3v) is 6.10. The zero-order chi connectivity index (χ0) is 24.4. The summed E-state index contributed by atoms with van der Waals surface area (Å²) in [6.45, 7) is 6.17. The molecule has 0 aliphatic carbocycles. The van der Waals surface area contributed by atoms with E-state index in [1.54, 1.807) is 18.5 Å². The van der Waals surface area contributed by atoms with Crippen molar-refractivity contribution in [3.63, 3.8) is 0 Å². The Bertz CT molecular complexity index is 1360. The number of H-pyrrole nitrogens is 1. The first-order valence-corrected chi connectivity index (χ1v) is 11.6. The van der Waals surface area contributed by atoms with Crippen LogP contribution in [-0.2, 0) is 0 Å². The molecule has 9 nitrogen and oxygen atoms in total. The maximum absolute atomic E-state index is 14.8. The normalized spacial score (nSPS) is 14.3. The lowest BCUT2D eigenvalue weighted by molar-refractivity contribution is 0.252. The summed E-state index contributed by atoms with van der Waals surface area (Å²) < 4.78 is 14.8. The Balaban J connectivity index is 1.59. The molecule has 0 spiro atoms. The second-order valence-electron chi connectivity index (χ2n) is 8.55. The first kappa shape index (κ1) is 22.7. The van der Waals surface area contributed by atoms with E-state index in [2.05, 4.69) is 53.5 Å². The van der Waals surface area contributed by atoms with Gasteiger partial charge in [0, 0.05) is 56.2 Å². The summed E-state index contributed by atoms with van der Waals surface area (Å²) in [6, 6.07) is 8.45. The number of carbonyl (C=O) groups is 1. The molecule has 35 heavy (non-hydrogen) atoms. The molecule has 4 heterocycles. The molecule has 1 aliphatic heterocycles. The van der Waals surface area contributed by atoms with Gasteiger partial charge in [0.05, 0.1) is 17.4 Å². The molecule has 5 rings (SSSR count). The Morgan fingerprint density at radius 1 is 1.14 bits per heavy atom. The number of benzene rings is 1. The number of nitrogens with zero attached hydrogens (tertiary/aromatic N) is 5. The fourth-order valence-corrected chi connectivity index (χ4v) is 4.24. The van der Waals surface area contributed by atoms with Gasteiger partial charge in [-0.15, -0.1) is 0 Å². The van der Waals surface area contributed by atoms with E-state index in [9.17, 15) is 9.18 Å². The Hall–Kier alpha value is -4.05. The zero-order valence-electron chi connectivity index (χ0n) is 19.7. The van der Waals surface area contributed by atoms with Crippen molar-refractivity contribution in [3.8, 4) is 22.4 Å². The highest BCUT2D eigenvalue weighted by Gasteiger charge is 2.19. The maximum Gasteiger partial charge on any atom is 0.321 e.